The predicted octanol–water partition coefficient (Wildman–Crippen LogP) is 2.77. The summed E-state index contributed by atoms with van der Waals surface area (Å²) in [7, 11) is 1.82. The molecule has 0 bridgehead atoms. The number of rotatable bonds is 4. The summed E-state index contributed by atoms with van der Waals surface area (Å²) < 4.78 is 11.5. The molecule has 2 atom stereocenters. The van der Waals surface area contributed by atoms with Crippen LogP contribution in [0, 0.1) is 5.41 Å². The first kappa shape index (κ1) is 13.6. The van der Waals surface area contributed by atoms with Crippen molar-refractivity contribution in [1.82, 2.24) is 4.90 Å². The van der Waals surface area contributed by atoms with Crippen LogP contribution in [0.2, 0.25) is 0 Å². The van der Waals surface area contributed by atoms with Crippen LogP contribution in [0.5, 0.6) is 0 Å². The van der Waals surface area contributed by atoms with E-state index in [1.54, 1.807) is 11.3 Å². The Hall–Kier alpha value is -0.420. The average Bonchev–Trinajstić information content (AvgIpc) is 2.91. The van der Waals surface area contributed by atoms with E-state index in [9.17, 15) is 0 Å². The minimum atomic E-state index is 0.223. The zero-order chi connectivity index (χ0) is 13.1. The number of fused-ring (bicyclic) bond motifs is 1. The molecule has 2 saturated heterocycles. The largest absolute Gasteiger partial charge is 0.384 e. The quantitative estimate of drug-likeness (QED) is 0.847. The molecule has 3 heterocycles. The molecule has 1 aromatic heterocycles. The summed E-state index contributed by atoms with van der Waals surface area (Å²) in [5.41, 5.74) is 1.66. The van der Waals surface area contributed by atoms with Crippen molar-refractivity contribution in [1.29, 1.82) is 0 Å². The molecule has 0 aromatic carbocycles. The fraction of sp³-hybridized carbons (Fsp3) is 0.733. The molecule has 3 nitrogen and oxygen atoms in total. The van der Waals surface area contributed by atoms with E-state index in [4.69, 9.17) is 9.47 Å². The van der Waals surface area contributed by atoms with Crippen molar-refractivity contribution < 1.29 is 9.47 Å². The maximum atomic E-state index is 6.02. The molecule has 0 radical (unpaired) electrons. The van der Waals surface area contributed by atoms with E-state index in [0.29, 0.717) is 6.10 Å². The Balaban J connectivity index is 1.69. The Labute approximate surface area is 119 Å². The molecule has 3 rings (SSSR count). The molecule has 0 spiro atoms. The third-order valence-electron chi connectivity index (χ3n) is 4.49. The van der Waals surface area contributed by atoms with Crippen molar-refractivity contribution in [3.05, 3.63) is 22.4 Å². The van der Waals surface area contributed by atoms with Gasteiger partial charge < -0.3 is 9.47 Å². The van der Waals surface area contributed by atoms with Crippen LogP contribution in [-0.4, -0.2) is 44.4 Å². The zero-order valence-electron chi connectivity index (χ0n) is 11.6. The van der Waals surface area contributed by atoms with Gasteiger partial charge in [0.1, 0.15) is 0 Å². The number of hydrogen-bond acceptors (Lipinski definition) is 4. The third kappa shape index (κ3) is 2.87. The van der Waals surface area contributed by atoms with Gasteiger partial charge in [-0.3, -0.25) is 4.90 Å². The van der Waals surface area contributed by atoms with Crippen LogP contribution in [0.4, 0.5) is 0 Å². The van der Waals surface area contributed by atoms with E-state index in [2.05, 4.69) is 21.7 Å². The summed E-state index contributed by atoms with van der Waals surface area (Å²) in [6.45, 7) is 5.09. The highest BCUT2D eigenvalue weighted by atomic mass is 32.1. The number of likely N-dealkylation sites (tertiary alicyclic amines) is 1. The molecular weight excluding hydrogens is 258 g/mol. The molecule has 0 aliphatic carbocycles. The summed E-state index contributed by atoms with van der Waals surface area (Å²) >= 11 is 1.78. The van der Waals surface area contributed by atoms with E-state index < -0.39 is 0 Å². The lowest BCUT2D eigenvalue weighted by atomic mass is 9.73. The second-order valence-electron chi connectivity index (χ2n) is 5.89. The molecule has 1 aromatic rings. The molecule has 2 fully saturated rings. The van der Waals surface area contributed by atoms with E-state index in [-0.39, 0.29) is 5.41 Å². The summed E-state index contributed by atoms with van der Waals surface area (Å²) in [6, 6.07) is 2.23. The predicted molar refractivity (Wildman–Crippen MR) is 77.5 cm³/mol. The molecule has 2 aliphatic heterocycles. The van der Waals surface area contributed by atoms with Gasteiger partial charge in [-0.05, 0) is 41.7 Å². The molecule has 2 unspecified atom stereocenters. The normalized spacial score (nSPS) is 32.2. The van der Waals surface area contributed by atoms with Gasteiger partial charge in [-0.1, -0.05) is 0 Å². The average molecular weight is 281 g/mol. The standard InChI is InChI=1S/C15H23NO2S/c1-17-12-15-5-2-7-18-14(15)3-6-16(11-15)9-13-4-8-19-10-13/h4,8,10,14H,2-3,5-7,9,11-12H2,1H3. The number of piperidine rings is 1. The minimum Gasteiger partial charge on any atom is -0.384 e. The van der Waals surface area contributed by atoms with Gasteiger partial charge in [0.15, 0.2) is 0 Å². The number of nitrogens with zero attached hydrogens (tertiary/aromatic N) is 1. The highest BCUT2D eigenvalue weighted by Gasteiger charge is 2.45. The molecule has 2 aliphatic rings. The Morgan fingerprint density at radius 2 is 2.53 bits per heavy atom. The van der Waals surface area contributed by atoms with Gasteiger partial charge in [0.2, 0.25) is 0 Å². The highest BCUT2D eigenvalue weighted by molar-refractivity contribution is 7.07. The van der Waals surface area contributed by atoms with Crippen molar-refractivity contribution in [2.75, 3.05) is 33.4 Å². The van der Waals surface area contributed by atoms with E-state index in [1.165, 1.54) is 18.4 Å². The SMILES string of the molecule is COCC12CCCOC1CCN(Cc1ccsc1)C2. The second-order valence-corrected chi connectivity index (χ2v) is 6.67. The summed E-state index contributed by atoms with van der Waals surface area (Å²) in [6.07, 6.45) is 3.96. The maximum absolute atomic E-state index is 6.02. The van der Waals surface area contributed by atoms with Crippen LogP contribution in [0.3, 0.4) is 0 Å². The third-order valence-corrected chi connectivity index (χ3v) is 5.22. The highest BCUT2D eigenvalue weighted by Crippen LogP contribution is 2.40. The summed E-state index contributed by atoms with van der Waals surface area (Å²) in [5, 5.41) is 4.42. The van der Waals surface area contributed by atoms with E-state index in [0.717, 1.165) is 39.3 Å². The Bertz CT molecular complexity index is 391. The molecule has 106 valence electrons. The Morgan fingerprint density at radius 1 is 1.58 bits per heavy atom. The smallest absolute Gasteiger partial charge is 0.0677 e. The van der Waals surface area contributed by atoms with Crippen LogP contribution in [-0.2, 0) is 16.0 Å². The number of ether oxygens (including phenoxy) is 2. The van der Waals surface area contributed by atoms with Crippen molar-refractivity contribution in [3.8, 4) is 0 Å². The lowest BCUT2D eigenvalue weighted by Gasteiger charge is -2.50. The zero-order valence-corrected chi connectivity index (χ0v) is 12.5. The van der Waals surface area contributed by atoms with Gasteiger partial charge in [-0.15, -0.1) is 0 Å². The minimum absolute atomic E-state index is 0.223. The Morgan fingerprint density at radius 3 is 3.32 bits per heavy atom. The van der Waals surface area contributed by atoms with Crippen LogP contribution in [0.1, 0.15) is 24.8 Å². The van der Waals surface area contributed by atoms with Crippen LogP contribution in [0.15, 0.2) is 16.8 Å². The van der Waals surface area contributed by atoms with Crippen molar-refractivity contribution in [2.24, 2.45) is 5.41 Å². The number of hydrogen-bond donors (Lipinski definition) is 0. The molecule has 4 heteroatoms. The molecule has 0 saturated carbocycles. The van der Waals surface area contributed by atoms with Gasteiger partial charge in [0, 0.05) is 38.8 Å². The van der Waals surface area contributed by atoms with Crippen LogP contribution >= 0.6 is 11.3 Å². The topological polar surface area (TPSA) is 21.7 Å². The van der Waals surface area contributed by atoms with Gasteiger partial charge in [-0.25, -0.2) is 0 Å². The molecular formula is C15H23NO2S. The first-order valence-corrected chi connectivity index (χ1v) is 8.11. The molecule has 0 amide bonds. The lowest BCUT2D eigenvalue weighted by molar-refractivity contribution is -0.149. The first-order valence-electron chi connectivity index (χ1n) is 7.16. The number of methoxy groups -OCH3 is 1. The van der Waals surface area contributed by atoms with Crippen molar-refractivity contribution in [2.45, 2.75) is 31.9 Å². The van der Waals surface area contributed by atoms with Crippen LogP contribution in [0.25, 0.3) is 0 Å². The van der Waals surface area contributed by atoms with E-state index in [1.807, 2.05) is 7.11 Å². The molecule has 0 N–H and O–H groups in total. The lowest BCUT2D eigenvalue weighted by Crippen LogP contribution is -2.56. The summed E-state index contributed by atoms with van der Waals surface area (Å²) in [4.78, 5) is 2.58. The van der Waals surface area contributed by atoms with Gasteiger partial charge >= 0.3 is 0 Å². The van der Waals surface area contributed by atoms with Gasteiger partial charge in [-0.2, -0.15) is 11.3 Å². The summed E-state index contributed by atoms with van der Waals surface area (Å²) in [5.74, 6) is 0. The monoisotopic (exact) mass is 281 g/mol. The first-order chi connectivity index (χ1) is 9.32. The van der Waals surface area contributed by atoms with Gasteiger partial charge in [0.25, 0.3) is 0 Å². The number of thiophene rings is 1. The maximum Gasteiger partial charge on any atom is 0.0677 e. The Kier molecular flexibility index (Phi) is 4.22. The fourth-order valence-corrected chi connectivity index (χ4v) is 4.32. The van der Waals surface area contributed by atoms with Gasteiger partial charge in [0.05, 0.1) is 12.7 Å². The van der Waals surface area contributed by atoms with Crippen molar-refractivity contribution in [3.63, 3.8) is 0 Å². The van der Waals surface area contributed by atoms with E-state index >= 15 is 0 Å². The second kappa shape index (κ2) is 5.92. The van der Waals surface area contributed by atoms with Crippen molar-refractivity contribution >= 4 is 11.3 Å². The fourth-order valence-electron chi connectivity index (χ4n) is 3.66. The van der Waals surface area contributed by atoms with Crippen LogP contribution < -0.4 is 0 Å². The molecule has 19 heavy (non-hydrogen) atoms.